The molecule has 18 heavy (non-hydrogen) atoms. The van der Waals surface area contributed by atoms with Crippen LogP contribution in [0.3, 0.4) is 0 Å². The summed E-state index contributed by atoms with van der Waals surface area (Å²) in [6, 6.07) is 13.6. The molecular weight excluding hydrogens is 224 g/mol. The highest BCUT2D eigenvalue weighted by molar-refractivity contribution is 6.01. The summed E-state index contributed by atoms with van der Waals surface area (Å²) < 4.78 is 5.65. The Morgan fingerprint density at radius 2 is 1.89 bits per heavy atom. The van der Waals surface area contributed by atoms with E-state index in [1.807, 2.05) is 48.7 Å². The van der Waals surface area contributed by atoms with Crippen molar-refractivity contribution in [3.8, 4) is 11.6 Å². The lowest BCUT2D eigenvalue weighted by molar-refractivity contribution is 0.463. The third-order valence-corrected chi connectivity index (χ3v) is 2.91. The molecule has 0 saturated carbocycles. The monoisotopic (exact) mass is 238 g/mol. The van der Waals surface area contributed by atoms with Crippen molar-refractivity contribution >= 4 is 5.71 Å². The molecule has 0 saturated heterocycles. The number of hydrogen-bond donors (Lipinski definition) is 0. The van der Waals surface area contributed by atoms with Crippen LogP contribution < -0.4 is 4.74 Å². The Morgan fingerprint density at radius 3 is 2.56 bits per heavy atom. The highest BCUT2D eigenvalue weighted by atomic mass is 16.5. The molecule has 3 heteroatoms. The summed E-state index contributed by atoms with van der Waals surface area (Å²) in [6.45, 7) is 0.942. The van der Waals surface area contributed by atoms with Crippen LogP contribution in [0.15, 0.2) is 53.7 Å². The first kappa shape index (κ1) is 11.0. The second-order valence-electron chi connectivity index (χ2n) is 4.23. The smallest absolute Gasteiger partial charge is 0.219 e. The number of ether oxygens (including phenoxy) is 1. The minimum absolute atomic E-state index is 0.614. The van der Waals surface area contributed by atoms with E-state index in [9.17, 15) is 0 Å². The summed E-state index contributed by atoms with van der Waals surface area (Å²) in [4.78, 5) is 8.77. The molecule has 1 aromatic carbocycles. The van der Waals surface area contributed by atoms with Crippen LogP contribution in [0.2, 0.25) is 0 Å². The van der Waals surface area contributed by atoms with Crippen LogP contribution in [-0.4, -0.2) is 17.2 Å². The molecule has 0 fully saturated rings. The Labute approximate surface area is 106 Å². The molecule has 0 radical (unpaired) electrons. The molecule has 3 nitrogen and oxygen atoms in total. The van der Waals surface area contributed by atoms with Gasteiger partial charge in [-0.3, -0.25) is 4.99 Å². The van der Waals surface area contributed by atoms with Gasteiger partial charge < -0.3 is 4.74 Å². The summed E-state index contributed by atoms with van der Waals surface area (Å²) in [5, 5.41) is 0. The van der Waals surface area contributed by atoms with Crippen LogP contribution >= 0.6 is 0 Å². The predicted molar refractivity (Wildman–Crippen MR) is 71.4 cm³/mol. The summed E-state index contributed by atoms with van der Waals surface area (Å²) in [7, 11) is 0. The van der Waals surface area contributed by atoms with Gasteiger partial charge in [-0.2, -0.15) is 0 Å². The zero-order valence-electron chi connectivity index (χ0n) is 10.0. The average molecular weight is 238 g/mol. The maximum absolute atomic E-state index is 5.65. The van der Waals surface area contributed by atoms with Crippen LogP contribution in [0.5, 0.6) is 11.6 Å². The molecule has 0 bridgehead atoms. The third kappa shape index (κ3) is 2.40. The van der Waals surface area contributed by atoms with Crippen LogP contribution in [0, 0.1) is 0 Å². The normalized spacial score (nSPS) is 14.3. The second kappa shape index (κ2) is 5.00. The van der Waals surface area contributed by atoms with E-state index in [0.717, 1.165) is 36.4 Å². The van der Waals surface area contributed by atoms with E-state index in [2.05, 4.69) is 9.98 Å². The molecule has 90 valence electrons. The number of aliphatic imine (C=N–C) groups is 1. The van der Waals surface area contributed by atoms with Gasteiger partial charge in [0.2, 0.25) is 5.88 Å². The Kier molecular flexibility index (Phi) is 3.05. The summed E-state index contributed by atoms with van der Waals surface area (Å²) in [6.07, 6.45) is 4.04. The number of para-hydroxylation sites is 1. The van der Waals surface area contributed by atoms with Crippen molar-refractivity contribution in [3.05, 3.63) is 54.2 Å². The summed E-state index contributed by atoms with van der Waals surface area (Å²) in [5.74, 6) is 1.42. The number of aromatic nitrogens is 1. The van der Waals surface area contributed by atoms with Gasteiger partial charge in [-0.25, -0.2) is 4.98 Å². The fraction of sp³-hybridized carbons (Fsp3) is 0.200. The standard InChI is InChI=1S/C15H14N2O/c1-2-5-13(6-3-1)18-15-9-8-12(11-17-15)14-7-4-10-16-14/h1-3,5-6,8-9,11H,4,7,10H2. The fourth-order valence-corrected chi connectivity index (χ4v) is 2.00. The maximum Gasteiger partial charge on any atom is 0.219 e. The Bertz CT molecular complexity index is 546. The highest BCUT2D eigenvalue weighted by Crippen LogP contribution is 2.20. The average Bonchev–Trinajstić information content (AvgIpc) is 2.95. The first-order valence-corrected chi connectivity index (χ1v) is 6.14. The van der Waals surface area contributed by atoms with E-state index in [4.69, 9.17) is 4.74 Å². The van der Waals surface area contributed by atoms with Gasteiger partial charge in [0.1, 0.15) is 5.75 Å². The highest BCUT2D eigenvalue weighted by Gasteiger charge is 2.09. The van der Waals surface area contributed by atoms with E-state index in [-0.39, 0.29) is 0 Å². The molecule has 1 aliphatic heterocycles. The van der Waals surface area contributed by atoms with Gasteiger partial charge in [-0.15, -0.1) is 0 Å². The molecule has 0 amide bonds. The van der Waals surface area contributed by atoms with Crippen LogP contribution in [0.25, 0.3) is 0 Å². The van der Waals surface area contributed by atoms with Crippen LogP contribution in [0.1, 0.15) is 18.4 Å². The van der Waals surface area contributed by atoms with E-state index in [1.54, 1.807) is 0 Å². The van der Waals surface area contributed by atoms with E-state index in [0.29, 0.717) is 5.88 Å². The lowest BCUT2D eigenvalue weighted by Gasteiger charge is -2.05. The van der Waals surface area contributed by atoms with Gasteiger partial charge in [0.05, 0.1) is 0 Å². The lowest BCUT2D eigenvalue weighted by Crippen LogP contribution is -1.97. The van der Waals surface area contributed by atoms with Gasteiger partial charge in [0.25, 0.3) is 0 Å². The molecule has 0 spiro atoms. The Hall–Kier alpha value is -2.16. The molecule has 1 aliphatic rings. The van der Waals surface area contributed by atoms with Crippen molar-refractivity contribution < 1.29 is 4.74 Å². The number of pyridine rings is 1. The largest absolute Gasteiger partial charge is 0.439 e. The molecule has 2 aromatic rings. The van der Waals surface area contributed by atoms with Gasteiger partial charge in [-0.1, -0.05) is 18.2 Å². The SMILES string of the molecule is c1ccc(Oc2ccc(C3=NCCC3)cn2)cc1. The Balaban J connectivity index is 1.75. The number of benzene rings is 1. The van der Waals surface area contributed by atoms with Gasteiger partial charge >= 0.3 is 0 Å². The maximum atomic E-state index is 5.65. The number of rotatable bonds is 3. The number of nitrogens with zero attached hydrogens (tertiary/aromatic N) is 2. The van der Waals surface area contributed by atoms with Crippen LogP contribution in [0.4, 0.5) is 0 Å². The van der Waals surface area contributed by atoms with Crippen molar-refractivity contribution in [2.75, 3.05) is 6.54 Å². The minimum atomic E-state index is 0.614. The van der Waals surface area contributed by atoms with Crippen LogP contribution in [-0.2, 0) is 0 Å². The fourth-order valence-electron chi connectivity index (χ4n) is 2.00. The molecule has 0 N–H and O–H groups in total. The van der Waals surface area contributed by atoms with Crippen molar-refractivity contribution in [1.29, 1.82) is 0 Å². The zero-order chi connectivity index (χ0) is 12.2. The molecule has 0 atom stereocenters. The van der Waals surface area contributed by atoms with Crippen molar-refractivity contribution in [3.63, 3.8) is 0 Å². The zero-order valence-corrected chi connectivity index (χ0v) is 10.0. The van der Waals surface area contributed by atoms with E-state index >= 15 is 0 Å². The topological polar surface area (TPSA) is 34.5 Å². The van der Waals surface area contributed by atoms with Gasteiger partial charge in [0, 0.05) is 30.1 Å². The molecule has 0 aliphatic carbocycles. The van der Waals surface area contributed by atoms with Crippen molar-refractivity contribution in [2.24, 2.45) is 4.99 Å². The second-order valence-corrected chi connectivity index (χ2v) is 4.23. The first-order valence-electron chi connectivity index (χ1n) is 6.14. The molecule has 0 unspecified atom stereocenters. The molecular formula is C15H14N2O. The quantitative estimate of drug-likeness (QED) is 0.820. The first-order chi connectivity index (χ1) is 8.92. The number of hydrogen-bond acceptors (Lipinski definition) is 3. The van der Waals surface area contributed by atoms with Gasteiger partial charge in [0.15, 0.2) is 0 Å². The third-order valence-electron chi connectivity index (χ3n) is 2.91. The van der Waals surface area contributed by atoms with Crippen molar-refractivity contribution in [2.45, 2.75) is 12.8 Å². The summed E-state index contributed by atoms with van der Waals surface area (Å²) in [5.41, 5.74) is 2.27. The molecule has 2 heterocycles. The molecule has 1 aromatic heterocycles. The minimum Gasteiger partial charge on any atom is -0.439 e. The molecule has 3 rings (SSSR count). The van der Waals surface area contributed by atoms with E-state index in [1.165, 1.54) is 0 Å². The predicted octanol–water partition coefficient (Wildman–Crippen LogP) is 3.46. The Morgan fingerprint density at radius 1 is 1.00 bits per heavy atom. The van der Waals surface area contributed by atoms with E-state index < -0.39 is 0 Å². The summed E-state index contributed by atoms with van der Waals surface area (Å²) >= 11 is 0. The lowest BCUT2D eigenvalue weighted by atomic mass is 10.1. The van der Waals surface area contributed by atoms with Gasteiger partial charge in [-0.05, 0) is 31.0 Å². The van der Waals surface area contributed by atoms with Crippen molar-refractivity contribution in [1.82, 2.24) is 4.98 Å².